The number of ketones is 1. The minimum atomic E-state index is -0.462. The number of nitrogens with zero attached hydrogens (tertiary/aromatic N) is 1. The molecule has 0 saturated heterocycles. The van der Waals surface area contributed by atoms with Crippen molar-refractivity contribution >= 4 is 5.78 Å². The summed E-state index contributed by atoms with van der Waals surface area (Å²) in [5.74, 6) is -0.296. The Morgan fingerprint density at radius 2 is 2.21 bits per heavy atom. The molecule has 0 spiro atoms. The van der Waals surface area contributed by atoms with Crippen molar-refractivity contribution in [3.05, 3.63) is 29.6 Å². The molecule has 1 aromatic carbocycles. The summed E-state index contributed by atoms with van der Waals surface area (Å²) in [6, 6.07) is 3.88. The standard InChI is InChI=1S/C14H20FNO3/c1-10(17)6-7-16(2)9-13(18)12-8-11(15)4-5-14(12)19-3/h4-5,8,10,17H,6-7,9H2,1-3H3. The highest BCUT2D eigenvalue weighted by atomic mass is 19.1. The highest BCUT2D eigenvalue weighted by Gasteiger charge is 2.15. The Labute approximate surface area is 112 Å². The van der Waals surface area contributed by atoms with E-state index >= 15 is 0 Å². The fraction of sp³-hybridized carbons (Fsp3) is 0.500. The van der Waals surface area contributed by atoms with Crippen LogP contribution in [0.25, 0.3) is 0 Å². The summed E-state index contributed by atoms with van der Waals surface area (Å²) in [6.07, 6.45) is 0.186. The van der Waals surface area contributed by atoms with E-state index in [1.54, 1.807) is 18.9 Å². The van der Waals surface area contributed by atoms with E-state index < -0.39 is 11.9 Å². The molecule has 19 heavy (non-hydrogen) atoms. The van der Waals surface area contributed by atoms with Crippen molar-refractivity contribution in [2.45, 2.75) is 19.4 Å². The number of carbonyl (C=O) groups is 1. The molecule has 5 heteroatoms. The monoisotopic (exact) mass is 269 g/mol. The number of aliphatic hydroxyl groups excluding tert-OH is 1. The first-order valence-electron chi connectivity index (χ1n) is 6.17. The van der Waals surface area contributed by atoms with Crippen LogP contribution in [0.4, 0.5) is 4.39 Å². The fourth-order valence-electron chi connectivity index (χ4n) is 1.71. The molecular formula is C14H20FNO3. The van der Waals surface area contributed by atoms with Gasteiger partial charge in [0.25, 0.3) is 0 Å². The molecule has 0 aliphatic carbocycles. The van der Waals surface area contributed by atoms with Gasteiger partial charge in [-0.2, -0.15) is 0 Å². The van der Waals surface area contributed by atoms with Crippen LogP contribution in [0.5, 0.6) is 5.75 Å². The second-order valence-corrected chi connectivity index (χ2v) is 4.64. The van der Waals surface area contributed by atoms with Gasteiger partial charge in [0.15, 0.2) is 5.78 Å². The Morgan fingerprint density at radius 3 is 2.79 bits per heavy atom. The number of benzene rings is 1. The SMILES string of the molecule is COc1ccc(F)cc1C(=O)CN(C)CCC(C)O. The summed E-state index contributed by atoms with van der Waals surface area (Å²) in [4.78, 5) is 13.9. The lowest BCUT2D eigenvalue weighted by atomic mass is 10.1. The lowest BCUT2D eigenvalue weighted by molar-refractivity contribution is 0.0928. The molecule has 0 aliphatic heterocycles. The largest absolute Gasteiger partial charge is 0.496 e. The molecule has 0 radical (unpaired) electrons. The van der Waals surface area contributed by atoms with Gasteiger partial charge >= 0.3 is 0 Å². The molecule has 4 nitrogen and oxygen atoms in total. The second kappa shape index (κ2) is 7.21. The minimum Gasteiger partial charge on any atom is -0.496 e. The van der Waals surface area contributed by atoms with Gasteiger partial charge < -0.3 is 9.84 Å². The number of rotatable bonds is 7. The number of ether oxygens (including phenoxy) is 1. The van der Waals surface area contributed by atoms with Crippen LogP contribution in [0.1, 0.15) is 23.7 Å². The smallest absolute Gasteiger partial charge is 0.180 e. The molecule has 1 atom stereocenters. The number of Topliss-reactive ketones (excluding diaryl/α,β-unsaturated/α-hetero) is 1. The molecule has 0 aliphatic rings. The molecule has 0 saturated carbocycles. The van der Waals surface area contributed by atoms with Gasteiger partial charge in [-0.25, -0.2) is 4.39 Å². The molecule has 0 bridgehead atoms. The molecule has 0 heterocycles. The van der Waals surface area contributed by atoms with Gasteiger partial charge in [0, 0.05) is 6.54 Å². The second-order valence-electron chi connectivity index (χ2n) is 4.64. The first-order valence-corrected chi connectivity index (χ1v) is 6.17. The molecular weight excluding hydrogens is 249 g/mol. The Morgan fingerprint density at radius 1 is 1.53 bits per heavy atom. The van der Waals surface area contributed by atoms with Gasteiger partial charge in [0.1, 0.15) is 11.6 Å². The molecule has 1 aromatic rings. The first-order chi connectivity index (χ1) is 8.93. The molecule has 0 amide bonds. The van der Waals surface area contributed by atoms with Crippen LogP contribution >= 0.6 is 0 Å². The predicted octanol–water partition coefficient (Wildman–Crippen LogP) is 1.72. The van der Waals surface area contributed by atoms with Crippen LogP contribution in [0.2, 0.25) is 0 Å². The molecule has 1 rings (SSSR count). The zero-order valence-electron chi connectivity index (χ0n) is 11.5. The lowest BCUT2D eigenvalue weighted by Crippen LogP contribution is -2.28. The van der Waals surface area contributed by atoms with Crippen molar-refractivity contribution < 1.29 is 19.0 Å². The summed E-state index contributed by atoms with van der Waals surface area (Å²) < 4.78 is 18.2. The van der Waals surface area contributed by atoms with E-state index in [0.29, 0.717) is 18.7 Å². The van der Waals surface area contributed by atoms with E-state index in [-0.39, 0.29) is 17.9 Å². The van der Waals surface area contributed by atoms with Gasteiger partial charge in [-0.3, -0.25) is 9.69 Å². The van der Waals surface area contributed by atoms with Crippen molar-refractivity contribution in [3.63, 3.8) is 0 Å². The van der Waals surface area contributed by atoms with E-state index in [4.69, 9.17) is 4.74 Å². The summed E-state index contributed by atoms with van der Waals surface area (Å²) in [6.45, 7) is 2.46. The van der Waals surface area contributed by atoms with Crippen molar-refractivity contribution in [2.24, 2.45) is 0 Å². The third-order valence-corrected chi connectivity index (χ3v) is 2.80. The quantitative estimate of drug-likeness (QED) is 0.766. The van der Waals surface area contributed by atoms with Crippen LogP contribution in [0.15, 0.2) is 18.2 Å². The highest BCUT2D eigenvalue weighted by Crippen LogP contribution is 2.20. The summed E-state index contributed by atoms with van der Waals surface area (Å²) in [5.41, 5.74) is 0.242. The summed E-state index contributed by atoms with van der Waals surface area (Å²) in [7, 11) is 3.23. The van der Waals surface area contributed by atoms with Crippen molar-refractivity contribution in [1.82, 2.24) is 4.90 Å². The maximum Gasteiger partial charge on any atom is 0.180 e. The van der Waals surface area contributed by atoms with Crippen LogP contribution < -0.4 is 4.74 Å². The molecule has 106 valence electrons. The van der Waals surface area contributed by atoms with E-state index in [2.05, 4.69) is 0 Å². The molecule has 1 N–H and O–H groups in total. The zero-order chi connectivity index (χ0) is 14.4. The number of hydrogen-bond acceptors (Lipinski definition) is 4. The average Bonchev–Trinajstić information content (AvgIpc) is 2.36. The highest BCUT2D eigenvalue weighted by molar-refractivity contribution is 6.00. The Balaban J connectivity index is 2.69. The minimum absolute atomic E-state index is 0.159. The third kappa shape index (κ3) is 4.96. The summed E-state index contributed by atoms with van der Waals surface area (Å²) >= 11 is 0. The maximum absolute atomic E-state index is 13.2. The Kier molecular flexibility index (Phi) is 5.92. The first kappa shape index (κ1) is 15.6. The molecule has 0 fully saturated rings. The number of aliphatic hydroxyl groups is 1. The fourth-order valence-corrected chi connectivity index (χ4v) is 1.71. The Bertz CT molecular complexity index is 435. The maximum atomic E-state index is 13.2. The van der Waals surface area contributed by atoms with E-state index in [1.165, 1.54) is 25.3 Å². The van der Waals surface area contributed by atoms with Gasteiger partial charge in [-0.05, 0) is 38.6 Å². The van der Waals surface area contributed by atoms with Crippen LogP contribution in [-0.2, 0) is 0 Å². The van der Waals surface area contributed by atoms with Gasteiger partial charge in [-0.1, -0.05) is 0 Å². The van der Waals surface area contributed by atoms with E-state index in [9.17, 15) is 14.3 Å². The summed E-state index contributed by atoms with van der Waals surface area (Å²) in [5, 5.41) is 9.19. The molecule has 1 unspecified atom stereocenters. The number of likely N-dealkylation sites (N-methyl/N-ethyl adjacent to an activating group) is 1. The zero-order valence-corrected chi connectivity index (χ0v) is 11.5. The average molecular weight is 269 g/mol. The van der Waals surface area contributed by atoms with E-state index in [1.807, 2.05) is 0 Å². The van der Waals surface area contributed by atoms with E-state index in [0.717, 1.165) is 0 Å². The molecule has 0 aromatic heterocycles. The van der Waals surface area contributed by atoms with Crippen LogP contribution in [0, 0.1) is 5.82 Å². The van der Waals surface area contributed by atoms with Gasteiger partial charge in [0.2, 0.25) is 0 Å². The third-order valence-electron chi connectivity index (χ3n) is 2.80. The van der Waals surface area contributed by atoms with Crippen molar-refractivity contribution in [3.8, 4) is 5.75 Å². The normalized spacial score (nSPS) is 12.5. The van der Waals surface area contributed by atoms with Crippen LogP contribution in [0.3, 0.4) is 0 Å². The van der Waals surface area contributed by atoms with Gasteiger partial charge in [-0.15, -0.1) is 0 Å². The number of hydrogen-bond donors (Lipinski definition) is 1. The van der Waals surface area contributed by atoms with Crippen molar-refractivity contribution in [2.75, 3.05) is 27.2 Å². The van der Waals surface area contributed by atoms with Gasteiger partial charge in [0.05, 0.1) is 25.3 Å². The lowest BCUT2D eigenvalue weighted by Gasteiger charge is -2.17. The van der Waals surface area contributed by atoms with Crippen molar-refractivity contribution in [1.29, 1.82) is 0 Å². The topological polar surface area (TPSA) is 49.8 Å². The Hall–Kier alpha value is -1.46. The number of methoxy groups -OCH3 is 1. The number of halogens is 1. The van der Waals surface area contributed by atoms with Crippen LogP contribution in [-0.4, -0.2) is 49.1 Å². The predicted molar refractivity (Wildman–Crippen MR) is 71.1 cm³/mol. The number of carbonyl (C=O) groups excluding carboxylic acids is 1.